The van der Waals surface area contributed by atoms with Crippen LogP contribution in [0.1, 0.15) is 49.4 Å². The Morgan fingerprint density at radius 1 is 1.12 bits per heavy atom. The minimum absolute atomic E-state index is 0.0453. The van der Waals surface area contributed by atoms with Crippen molar-refractivity contribution in [3.05, 3.63) is 66.1 Å². The maximum absolute atomic E-state index is 14.3. The van der Waals surface area contributed by atoms with Crippen molar-refractivity contribution in [3.8, 4) is 11.3 Å². The Balaban J connectivity index is 1.21. The number of hydroxylamine groups is 2. The van der Waals surface area contributed by atoms with Gasteiger partial charge in [-0.25, -0.2) is 9.45 Å². The van der Waals surface area contributed by atoms with E-state index in [2.05, 4.69) is 21.1 Å². The smallest absolute Gasteiger partial charge is 0.249 e. The number of carbonyl (C=O) groups is 1. The second kappa shape index (κ2) is 9.39. The molecule has 1 saturated heterocycles. The summed E-state index contributed by atoms with van der Waals surface area (Å²) >= 11 is 0. The van der Waals surface area contributed by atoms with Crippen LogP contribution >= 0.6 is 0 Å². The quantitative estimate of drug-likeness (QED) is 0.582. The van der Waals surface area contributed by atoms with Crippen LogP contribution in [0.3, 0.4) is 0 Å². The highest BCUT2D eigenvalue weighted by Crippen LogP contribution is 2.36. The number of aromatic nitrogens is 4. The molecule has 172 valence electrons. The van der Waals surface area contributed by atoms with Gasteiger partial charge in [-0.2, -0.15) is 5.10 Å². The molecule has 1 atom stereocenters. The summed E-state index contributed by atoms with van der Waals surface area (Å²) in [5, 5.41) is 5.72. The Kier molecular flexibility index (Phi) is 6.17. The summed E-state index contributed by atoms with van der Waals surface area (Å²) in [6.45, 7) is 0.515. The molecule has 8 heteroatoms. The molecule has 1 aliphatic carbocycles. The van der Waals surface area contributed by atoms with Gasteiger partial charge < -0.3 is 0 Å². The molecule has 33 heavy (non-hydrogen) atoms. The number of carbonyl (C=O) groups excluding carboxylic acids is 1. The Bertz CT molecular complexity index is 1110. The number of benzene rings is 1. The molecule has 0 unspecified atom stereocenters. The van der Waals surface area contributed by atoms with Crippen molar-refractivity contribution in [2.75, 3.05) is 6.61 Å². The van der Waals surface area contributed by atoms with Crippen molar-refractivity contribution in [1.29, 1.82) is 0 Å². The van der Waals surface area contributed by atoms with E-state index in [4.69, 9.17) is 4.84 Å². The largest absolute Gasteiger partial charge is 0.272 e. The first kappa shape index (κ1) is 21.7. The SMILES string of the molecule is Cn1nccc1-c1cc(F)cc(CC2CCC(C(=O)N3OCC[C@H]3c3cnccn3)CC2)c1. The van der Waals surface area contributed by atoms with Crippen molar-refractivity contribution < 1.29 is 14.0 Å². The van der Waals surface area contributed by atoms with Crippen LogP contribution in [0.2, 0.25) is 0 Å². The van der Waals surface area contributed by atoms with Crippen LogP contribution in [0.5, 0.6) is 0 Å². The molecule has 1 aliphatic heterocycles. The Labute approximate surface area is 192 Å². The van der Waals surface area contributed by atoms with Crippen LogP contribution in [0.4, 0.5) is 4.39 Å². The first-order valence-electron chi connectivity index (χ1n) is 11.6. The predicted molar refractivity (Wildman–Crippen MR) is 120 cm³/mol. The summed E-state index contributed by atoms with van der Waals surface area (Å²) in [4.78, 5) is 27.4. The second-order valence-corrected chi connectivity index (χ2v) is 9.04. The van der Waals surface area contributed by atoms with Crippen LogP contribution in [0.15, 0.2) is 49.1 Å². The summed E-state index contributed by atoms with van der Waals surface area (Å²) in [6, 6.07) is 6.97. The summed E-state index contributed by atoms with van der Waals surface area (Å²) in [6.07, 6.45) is 11.8. The average molecular weight is 450 g/mol. The molecule has 0 N–H and O–H groups in total. The van der Waals surface area contributed by atoms with Gasteiger partial charge in [0.25, 0.3) is 0 Å². The van der Waals surface area contributed by atoms with Gasteiger partial charge in [0.1, 0.15) is 11.9 Å². The molecular weight excluding hydrogens is 421 g/mol. The van der Waals surface area contributed by atoms with Crippen molar-refractivity contribution in [2.45, 2.75) is 44.6 Å². The lowest BCUT2D eigenvalue weighted by Crippen LogP contribution is -2.37. The number of hydrogen-bond donors (Lipinski definition) is 0. The zero-order valence-corrected chi connectivity index (χ0v) is 18.7. The van der Waals surface area contributed by atoms with Gasteiger partial charge in [-0.3, -0.25) is 24.3 Å². The van der Waals surface area contributed by atoms with Crippen molar-refractivity contribution in [2.24, 2.45) is 18.9 Å². The Hall–Kier alpha value is -3.13. The van der Waals surface area contributed by atoms with Crippen LogP contribution in [-0.4, -0.2) is 37.3 Å². The number of halogens is 1. The molecule has 5 rings (SSSR count). The molecule has 0 spiro atoms. The maximum Gasteiger partial charge on any atom is 0.249 e. The molecule has 0 radical (unpaired) electrons. The summed E-state index contributed by atoms with van der Waals surface area (Å²) in [7, 11) is 1.86. The first-order chi connectivity index (χ1) is 16.1. The van der Waals surface area contributed by atoms with Crippen molar-refractivity contribution in [1.82, 2.24) is 24.8 Å². The lowest BCUT2D eigenvalue weighted by atomic mass is 9.78. The molecule has 7 nitrogen and oxygen atoms in total. The third kappa shape index (κ3) is 4.66. The minimum Gasteiger partial charge on any atom is -0.272 e. The zero-order valence-electron chi connectivity index (χ0n) is 18.7. The monoisotopic (exact) mass is 449 g/mol. The van der Waals surface area contributed by atoms with Crippen LogP contribution in [-0.2, 0) is 23.1 Å². The molecule has 2 aliphatic rings. The molecule has 3 heterocycles. The lowest BCUT2D eigenvalue weighted by molar-refractivity contribution is -0.183. The van der Waals surface area contributed by atoms with E-state index in [-0.39, 0.29) is 23.7 Å². The van der Waals surface area contributed by atoms with Gasteiger partial charge in [0.05, 0.1) is 24.2 Å². The fourth-order valence-electron chi connectivity index (χ4n) is 5.14. The van der Waals surface area contributed by atoms with E-state index in [1.165, 1.54) is 5.06 Å². The number of nitrogens with zero attached hydrogens (tertiary/aromatic N) is 5. The van der Waals surface area contributed by atoms with E-state index >= 15 is 0 Å². The van der Waals surface area contributed by atoms with E-state index in [9.17, 15) is 9.18 Å². The first-order valence-corrected chi connectivity index (χ1v) is 11.6. The van der Waals surface area contributed by atoms with E-state index in [1.54, 1.807) is 41.6 Å². The van der Waals surface area contributed by atoms with Gasteiger partial charge in [0.2, 0.25) is 5.91 Å². The van der Waals surface area contributed by atoms with Gasteiger partial charge in [0.15, 0.2) is 0 Å². The molecule has 2 aromatic heterocycles. The van der Waals surface area contributed by atoms with E-state index in [1.807, 2.05) is 13.1 Å². The van der Waals surface area contributed by atoms with Gasteiger partial charge in [0, 0.05) is 43.5 Å². The number of rotatable bonds is 5. The summed E-state index contributed by atoms with van der Waals surface area (Å²) in [5.41, 5.74) is 3.50. The lowest BCUT2D eigenvalue weighted by Gasteiger charge is -2.31. The predicted octanol–water partition coefficient (Wildman–Crippen LogP) is 4.27. The van der Waals surface area contributed by atoms with E-state index < -0.39 is 0 Å². The highest BCUT2D eigenvalue weighted by atomic mass is 19.1. The van der Waals surface area contributed by atoms with Crippen LogP contribution < -0.4 is 0 Å². The molecular formula is C25H28FN5O2. The van der Waals surface area contributed by atoms with Gasteiger partial charge in [-0.15, -0.1) is 0 Å². The molecule has 1 amide bonds. The van der Waals surface area contributed by atoms with Gasteiger partial charge in [-0.1, -0.05) is 0 Å². The fourth-order valence-corrected chi connectivity index (χ4v) is 5.14. The zero-order chi connectivity index (χ0) is 22.8. The van der Waals surface area contributed by atoms with E-state index in [0.717, 1.165) is 61.0 Å². The Morgan fingerprint density at radius 3 is 2.70 bits per heavy atom. The number of amides is 1. The van der Waals surface area contributed by atoms with Crippen molar-refractivity contribution in [3.63, 3.8) is 0 Å². The maximum atomic E-state index is 14.3. The standard InChI is InChI=1S/C25H28FN5O2/c1-30-23(6-8-29-30)20-13-18(14-21(26)15-20)12-17-2-4-19(5-3-17)25(32)31-24(7-11-33-31)22-16-27-9-10-28-22/h6,8-10,13-17,19,24H,2-5,7,11-12H2,1H3/t17?,19?,24-/m0/s1. The fraction of sp³-hybridized carbons (Fsp3) is 0.440. The van der Waals surface area contributed by atoms with Gasteiger partial charge in [-0.05, 0) is 67.9 Å². The van der Waals surface area contributed by atoms with Crippen LogP contribution in [0, 0.1) is 17.7 Å². The van der Waals surface area contributed by atoms with E-state index in [0.29, 0.717) is 12.5 Å². The molecule has 3 aromatic rings. The highest BCUT2D eigenvalue weighted by molar-refractivity contribution is 5.78. The van der Waals surface area contributed by atoms with Crippen molar-refractivity contribution >= 4 is 5.91 Å². The average Bonchev–Trinajstić information content (AvgIpc) is 3.48. The molecule has 0 bridgehead atoms. The molecule has 1 saturated carbocycles. The molecule has 2 fully saturated rings. The number of aryl methyl sites for hydroxylation is 1. The summed E-state index contributed by atoms with van der Waals surface area (Å²) < 4.78 is 16.1. The Morgan fingerprint density at radius 2 is 1.97 bits per heavy atom. The third-order valence-corrected chi connectivity index (χ3v) is 6.84. The minimum atomic E-state index is -0.228. The van der Waals surface area contributed by atoms with Crippen LogP contribution in [0.25, 0.3) is 11.3 Å². The second-order valence-electron chi connectivity index (χ2n) is 9.04. The molecule has 1 aromatic carbocycles. The topological polar surface area (TPSA) is 73.1 Å². The summed E-state index contributed by atoms with van der Waals surface area (Å²) in [5.74, 6) is 0.209. The number of hydrogen-bond acceptors (Lipinski definition) is 5. The third-order valence-electron chi connectivity index (χ3n) is 6.84. The van der Waals surface area contributed by atoms with Gasteiger partial charge >= 0.3 is 0 Å². The normalized spacial score (nSPS) is 23.1. The highest BCUT2D eigenvalue weighted by Gasteiger charge is 2.37.